The Balaban J connectivity index is 2.70. The molecule has 25 heavy (non-hydrogen) atoms. The van der Waals surface area contributed by atoms with E-state index < -0.39 is 18.2 Å². The van der Waals surface area contributed by atoms with Crippen LogP contribution in [0.2, 0.25) is 0 Å². The van der Waals surface area contributed by atoms with Crippen molar-refractivity contribution in [3.63, 3.8) is 0 Å². The van der Waals surface area contributed by atoms with Crippen molar-refractivity contribution in [3.05, 3.63) is 45.5 Å². The fourth-order valence-corrected chi connectivity index (χ4v) is 2.98. The number of alkyl carbamates (subject to hydrolysis) is 1. The van der Waals surface area contributed by atoms with E-state index in [-0.39, 0.29) is 17.4 Å². The molecule has 7 heteroatoms. The summed E-state index contributed by atoms with van der Waals surface area (Å²) in [5, 5.41) is 14.6. The number of ether oxygens (including phenoxy) is 1. The molecule has 1 aromatic rings. The molecular formula is C18H28N2O4S. The van der Waals surface area contributed by atoms with E-state index in [4.69, 9.17) is 4.74 Å². The third-order valence-corrected chi connectivity index (χ3v) is 4.64. The van der Waals surface area contributed by atoms with Gasteiger partial charge in [-0.15, -0.1) is 0 Å². The highest BCUT2D eigenvalue weighted by Crippen LogP contribution is 2.25. The van der Waals surface area contributed by atoms with Crippen molar-refractivity contribution < 1.29 is 14.5 Å². The molecule has 1 N–H and O–H groups in total. The summed E-state index contributed by atoms with van der Waals surface area (Å²) >= 11 is 1.83. The van der Waals surface area contributed by atoms with Gasteiger partial charge in [0.15, 0.2) is 0 Å². The molecule has 0 heterocycles. The minimum absolute atomic E-state index is 0.0396. The average Bonchev–Trinajstić information content (AvgIpc) is 2.50. The first kappa shape index (κ1) is 21.3. The minimum Gasteiger partial charge on any atom is -0.446 e. The van der Waals surface area contributed by atoms with E-state index in [0.29, 0.717) is 10.8 Å². The molecule has 0 aliphatic heterocycles. The molecular weight excluding hydrogens is 340 g/mol. The molecule has 0 spiro atoms. The zero-order valence-corrected chi connectivity index (χ0v) is 16.3. The highest BCUT2D eigenvalue weighted by atomic mass is 32.2. The number of nitrogens with one attached hydrogen (secondary N) is 1. The maximum Gasteiger partial charge on any atom is 0.407 e. The van der Waals surface area contributed by atoms with Gasteiger partial charge in [0.05, 0.1) is 6.42 Å². The summed E-state index contributed by atoms with van der Waals surface area (Å²) in [5.41, 5.74) is 1.77. The quantitative estimate of drug-likeness (QED) is 0.510. The van der Waals surface area contributed by atoms with Crippen molar-refractivity contribution >= 4 is 17.9 Å². The minimum atomic E-state index is -0.895. The van der Waals surface area contributed by atoms with Crippen LogP contribution in [0.15, 0.2) is 24.3 Å². The molecule has 0 radical (unpaired) electrons. The van der Waals surface area contributed by atoms with Gasteiger partial charge in [-0.25, -0.2) is 4.79 Å². The van der Waals surface area contributed by atoms with Crippen molar-refractivity contribution in [1.82, 2.24) is 5.32 Å². The fraction of sp³-hybridized carbons (Fsp3) is 0.611. The van der Waals surface area contributed by atoms with Crippen LogP contribution in [0.3, 0.4) is 0 Å². The van der Waals surface area contributed by atoms with Crippen molar-refractivity contribution in [2.75, 3.05) is 0 Å². The third-order valence-electron chi connectivity index (χ3n) is 3.47. The van der Waals surface area contributed by atoms with Gasteiger partial charge in [-0.2, -0.15) is 11.8 Å². The van der Waals surface area contributed by atoms with Crippen LogP contribution in [0.1, 0.15) is 58.2 Å². The van der Waals surface area contributed by atoms with Crippen LogP contribution in [0.4, 0.5) is 4.79 Å². The van der Waals surface area contributed by atoms with Crippen LogP contribution in [-0.2, 0) is 10.5 Å². The van der Waals surface area contributed by atoms with Gasteiger partial charge in [-0.1, -0.05) is 38.1 Å². The van der Waals surface area contributed by atoms with E-state index in [0.717, 1.165) is 11.3 Å². The standard InChI is InChI=1S/C18H28N2O4S/c1-12(2)19-18(21)24-14(5)10-17(20(22)23)16-8-6-15(7-9-16)11-25-13(3)4/h6-9,12-14,17H,10-11H2,1-5H3,(H,19,21). The Hall–Kier alpha value is -1.76. The number of nitro groups is 1. The van der Waals surface area contributed by atoms with Crippen LogP contribution < -0.4 is 5.32 Å². The predicted octanol–water partition coefficient (Wildman–Crippen LogP) is 4.56. The second-order valence-corrected chi connectivity index (χ2v) is 8.22. The van der Waals surface area contributed by atoms with Gasteiger partial charge in [0, 0.05) is 22.3 Å². The van der Waals surface area contributed by atoms with E-state index in [2.05, 4.69) is 19.2 Å². The maximum absolute atomic E-state index is 11.6. The second kappa shape index (κ2) is 10.3. The number of nitrogens with zero attached hydrogens (tertiary/aromatic N) is 1. The molecule has 0 aliphatic carbocycles. The number of amides is 1. The second-order valence-electron chi connectivity index (χ2n) is 6.65. The summed E-state index contributed by atoms with van der Waals surface area (Å²) in [5.74, 6) is 0.885. The van der Waals surface area contributed by atoms with Gasteiger partial charge in [0.1, 0.15) is 6.10 Å². The monoisotopic (exact) mass is 368 g/mol. The topological polar surface area (TPSA) is 81.5 Å². The van der Waals surface area contributed by atoms with Crippen molar-refractivity contribution in [2.24, 2.45) is 0 Å². The van der Waals surface area contributed by atoms with Crippen molar-refractivity contribution in [1.29, 1.82) is 0 Å². The van der Waals surface area contributed by atoms with E-state index in [9.17, 15) is 14.9 Å². The molecule has 2 unspecified atom stereocenters. The molecule has 0 aliphatic rings. The Labute approximate surface area is 153 Å². The largest absolute Gasteiger partial charge is 0.446 e. The smallest absolute Gasteiger partial charge is 0.407 e. The van der Waals surface area contributed by atoms with Gasteiger partial charge in [0.2, 0.25) is 6.04 Å². The first-order valence-corrected chi connectivity index (χ1v) is 9.55. The zero-order valence-electron chi connectivity index (χ0n) is 15.5. The lowest BCUT2D eigenvalue weighted by Gasteiger charge is -2.18. The van der Waals surface area contributed by atoms with Crippen molar-refractivity contribution in [3.8, 4) is 0 Å². The Bertz CT molecular complexity index is 561. The fourth-order valence-electron chi connectivity index (χ4n) is 2.26. The normalized spacial score (nSPS) is 13.6. The van der Waals surface area contributed by atoms with Crippen LogP contribution in [0.5, 0.6) is 0 Å². The molecule has 0 fully saturated rings. The lowest BCUT2D eigenvalue weighted by atomic mass is 10.0. The summed E-state index contributed by atoms with van der Waals surface area (Å²) < 4.78 is 5.19. The van der Waals surface area contributed by atoms with Crippen LogP contribution in [0, 0.1) is 10.1 Å². The SMILES string of the molecule is CC(C)NC(=O)OC(C)CC(c1ccc(CSC(C)C)cc1)[N+](=O)[O-]. The van der Waals surface area contributed by atoms with Gasteiger partial charge in [0.25, 0.3) is 0 Å². The molecule has 1 rings (SSSR count). The van der Waals surface area contributed by atoms with Gasteiger partial charge >= 0.3 is 6.09 Å². The van der Waals surface area contributed by atoms with Crippen LogP contribution in [0.25, 0.3) is 0 Å². The Morgan fingerprint density at radius 1 is 1.20 bits per heavy atom. The number of hydrogen-bond acceptors (Lipinski definition) is 5. The third kappa shape index (κ3) is 8.25. The van der Waals surface area contributed by atoms with Crippen LogP contribution >= 0.6 is 11.8 Å². The number of carbonyl (C=O) groups is 1. The Morgan fingerprint density at radius 3 is 2.28 bits per heavy atom. The number of hydrogen-bond donors (Lipinski definition) is 1. The summed E-state index contributed by atoms with van der Waals surface area (Å²) in [6, 6.07) is 6.52. The molecule has 140 valence electrons. The number of rotatable bonds is 9. The molecule has 1 aromatic carbocycles. The molecule has 0 saturated carbocycles. The summed E-state index contributed by atoms with van der Waals surface area (Å²) in [7, 11) is 0. The number of carbonyl (C=O) groups excluding carboxylic acids is 1. The molecule has 0 bridgehead atoms. The average molecular weight is 368 g/mol. The van der Waals surface area contributed by atoms with E-state index >= 15 is 0 Å². The summed E-state index contributed by atoms with van der Waals surface area (Å²) in [6.07, 6.45) is -0.963. The highest BCUT2D eigenvalue weighted by molar-refractivity contribution is 7.99. The molecule has 2 atom stereocenters. The number of thioether (sulfide) groups is 1. The highest BCUT2D eigenvalue weighted by Gasteiger charge is 2.27. The molecule has 6 nitrogen and oxygen atoms in total. The Kier molecular flexibility index (Phi) is 8.75. The Morgan fingerprint density at radius 2 is 1.80 bits per heavy atom. The molecule has 0 saturated heterocycles. The van der Waals surface area contributed by atoms with Crippen molar-refractivity contribution in [2.45, 2.75) is 70.2 Å². The van der Waals surface area contributed by atoms with Gasteiger partial charge < -0.3 is 10.1 Å². The van der Waals surface area contributed by atoms with E-state index in [1.165, 1.54) is 0 Å². The predicted molar refractivity (Wildman–Crippen MR) is 101 cm³/mol. The zero-order chi connectivity index (χ0) is 19.0. The molecule has 1 amide bonds. The first-order chi connectivity index (χ1) is 11.7. The lowest BCUT2D eigenvalue weighted by Crippen LogP contribution is -2.33. The van der Waals surface area contributed by atoms with Crippen LogP contribution in [-0.4, -0.2) is 28.4 Å². The van der Waals surface area contributed by atoms with E-state index in [1.807, 2.05) is 37.7 Å². The number of benzene rings is 1. The van der Waals surface area contributed by atoms with E-state index in [1.54, 1.807) is 19.1 Å². The molecule has 0 aromatic heterocycles. The lowest BCUT2D eigenvalue weighted by molar-refractivity contribution is -0.531. The summed E-state index contributed by atoms with van der Waals surface area (Å²) in [4.78, 5) is 22.7. The van der Waals surface area contributed by atoms with Gasteiger partial charge in [-0.05, 0) is 31.6 Å². The first-order valence-electron chi connectivity index (χ1n) is 8.50. The van der Waals surface area contributed by atoms with Gasteiger partial charge in [-0.3, -0.25) is 10.1 Å². The maximum atomic E-state index is 11.6. The summed E-state index contributed by atoms with van der Waals surface area (Å²) in [6.45, 7) is 9.59.